The van der Waals surface area contributed by atoms with Crippen molar-refractivity contribution in [3.63, 3.8) is 0 Å². The summed E-state index contributed by atoms with van der Waals surface area (Å²) in [6, 6.07) is 20.0. The third-order valence-corrected chi connectivity index (χ3v) is 4.49. The molecule has 0 saturated heterocycles. The van der Waals surface area contributed by atoms with Crippen molar-refractivity contribution in [1.29, 1.82) is 0 Å². The van der Waals surface area contributed by atoms with E-state index in [9.17, 15) is 9.59 Å². The molecule has 1 heterocycles. The largest absolute Gasteiger partial charge is 0.326 e. The van der Waals surface area contributed by atoms with Crippen molar-refractivity contribution < 1.29 is 9.59 Å². The number of aromatic amines is 1. The zero-order valence-electron chi connectivity index (χ0n) is 16.1. The number of carbonyl (C=O) groups excluding carboxylic acids is 2. The summed E-state index contributed by atoms with van der Waals surface area (Å²) in [6.45, 7) is 4.19. The fourth-order valence-electron chi connectivity index (χ4n) is 2.96. The highest BCUT2D eigenvalue weighted by atomic mass is 16.2. The lowest BCUT2D eigenvalue weighted by Crippen LogP contribution is -2.46. The van der Waals surface area contributed by atoms with Gasteiger partial charge < -0.3 is 10.2 Å². The summed E-state index contributed by atoms with van der Waals surface area (Å²) in [7, 11) is 0. The van der Waals surface area contributed by atoms with Crippen LogP contribution in [-0.4, -0.2) is 39.5 Å². The van der Waals surface area contributed by atoms with Gasteiger partial charge in [0.25, 0.3) is 5.91 Å². The molecule has 2 amide bonds. The lowest BCUT2D eigenvalue weighted by Gasteiger charge is -2.27. The quantitative estimate of drug-likeness (QED) is 0.655. The first kappa shape index (κ1) is 19.4. The van der Waals surface area contributed by atoms with Crippen LogP contribution in [0.25, 0.3) is 11.3 Å². The Morgan fingerprint density at radius 3 is 2.36 bits per heavy atom. The lowest BCUT2D eigenvalue weighted by atomic mass is 10.1. The molecular weight excluding hydrogens is 352 g/mol. The van der Waals surface area contributed by atoms with Gasteiger partial charge in [-0.25, -0.2) is 0 Å². The molecule has 3 aromatic rings. The highest BCUT2D eigenvalue weighted by molar-refractivity contribution is 6.00. The summed E-state index contributed by atoms with van der Waals surface area (Å²) < 4.78 is 0. The summed E-state index contributed by atoms with van der Waals surface area (Å²) in [6.07, 6.45) is 0.744. The minimum atomic E-state index is -0.615. The Kier molecular flexibility index (Phi) is 6.22. The van der Waals surface area contributed by atoms with Crippen LogP contribution in [0.15, 0.2) is 66.7 Å². The maximum Gasteiger partial charge on any atom is 0.272 e. The summed E-state index contributed by atoms with van der Waals surface area (Å²) in [5.74, 6) is -0.469. The van der Waals surface area contributed by atoms with Crippen molar-refractivity contribution in [3.8, 4) is 11.3 Å². The number of rotatable bonds is 7. The van der Waals surface area contributed by atoms with Crippen LogP contribution >= 0.6 is 0 Å². The number of amides is 2. The van der Waals surface area contributed by atoms with E-state index in [0.29, 0.717) is 23.6 Å². The first-order chi connectivity index (χ1) is 13.6. The highest BCUT2D eigenvalue weighted by Gasteiger charge is 2.27. The second-order valence-electron chi connectivity index (χ2n) is 6.56. The van der Waals surface area contributed by atoms with Gasteiger partial charge in [0.15, 0.2) is 0 Å². The average Bonchev–Trinajstić information content (AvgIpc) is 3.23. The van der Waals surface area contributed by atoms with Gasteiger partial charge in [-0.2, -0.15) is 5.10 Å². The van der Waals surface area contributed by atoms with E-state index in [1.165, 1.54) is 0 Å². The molecular formula is C22H24N4O2. The Balaban J connectivity index is 1.76. The van der Waals surface area contributed by atoms with Crippen LogP contribution in [0.4, 0.5) is 5.69 Å². The number of hydrogen-bond acceptors (Lipinski definition) is 3. The predicted octanol–water partition coefficient (Wildman–Crippen LogP) is 3.96. The molecule has 0 saturated carbocycles. The number of H-pyrrole nitrogens is 1. The molecule has 0 bridgehead atoms. The monoisotopic (exact) mass is 376 g/mol. The van der Waals surface area contributed by atoms with E-state index in [-0.39, 0.29) is 11.8 Å². The molecule has 3 rings (SSSR count). The van der Waals surface area contributed by atoms with Crippen molar-refractivity contribution in [3.05, 3.63) is 72.4 Å². The van der Waals surface area contributed by atoms with Crippen LogP contribution < -0.4 is 5.32 Å². The van der Waals surface area contributed by atoms with E-state index in [2.05, 4.69) is 15.5 Å². The summed E-state index contributed by atoms with van der Waals surface area (Å²) in [5.41, 5.74) is 2.69. The Labute approximate surface area is 164 Å². The molecule has 144 valence electrons. The van der Waals surface area contributed by atoms with E-state index >= 15 is 0 Å². The number of aromatic nitrogens is 2. The lowest BCUT2D eigenvalue weighted by molar-refractivity contribution is -0.120. The molecule has 1 aromatic heterocycles. The molecule has 0 radical (unpaired) electrons. The van der Waals surface area contributed by atoms with E-state index in [0.717, 1.165) is 12.0 Å². The topological polar surface area (TPSA) is 78.1 Å². The fraction of sp³-hybridized carbons (Fsp3) is 0.227. The number of para-hydroxylation sites is 1. The van der Waals surface area contributed by atoms with Crippen molar-refractivity contribution in [2.45, 2.75) is 26.3 Å². The zero-order valence-corrected chi connectivity index (χ0v) is 16.1. The molecule has 0 spiro atoms. The third kappa shape index (κ3) is 4.46. The van der Waals surface area contributed by atoms with Crippen LogP contribution in [0.2, 0.25) is 0 Å². The summed E-state index contributed by atoms with van der Waals surface area (Å²) in [4.78, 5) is 27.3. The number of anilines is 1. The maximum atomic E-state index is 13.1. The molecule has 2 N–H and O–H groups in total. The van der Waals surface area contributed by atoms with Gasteiger partial charge in [0.05, 0.1) is 5.69 Å². The summed E-state index contributed by atoms with van der Waals surface area (Å²) >= 11 is 0. The van der Waals surface area contributed by atoms with E-state index < -0.39 is 6.04 Å². The zero-order chi connectivity index (χ0) is 19.9. The van der Waals surface area contributed by atoms with Crippen LogP contribution in [0.1, 0.15) is 30.8 Å². The second-order valence-corrected chi connectivity index (χ2v) is 6.56. The van der Waals surface area contributed by atoms with Gasteiger partial charge in [0, 0.05) is 17.8 Å². The number of benzene rings is 2. The number of nitrogens with one attached hydrogen (secondary N) is 2. The Hall–Kier alpha value is -3.41. The highest BCUT2D eigenvalue weighted by Crippen LogP contribution is 2.19. The first-order valence-electron chi connectivity index (χ1n) is 9.38. The van der Waals surface area contributed by atoms with Crippen LogP contribution in [-0.2, 0) is 4.79 Å². The van der Waals surface area contributed by atoms with Crippen molar-refractivity contribution in [1.82, 2.24) is 15.1 Å². The minimum Gasteiger partial charge on any atom is -0.326 e. The normalized spacial score (nSPS) is 11.6. The van der Waals surface area contributed by atoms with Crippen molar-refractivity contribution >= 4 is 17.5 Å². The number of hydrogen-bond donors (Lipinski definition) is 2. The molecule has 1 atom stereocenters. The molecule has 0 aliphatic heterocycles. The first-order valence-corrected chi connectivity index (χ1v) is 9.38. The van der Waals surface area contributed by atoms with Crippen LogP contribution in [0, 0.1) is 0 Å². The fourth-order valence-corrected chi connectivity index (χ4v) is 2.96. The molecule has 28 heavy (non-hydrogen) atoms. The maximum absolute atomic E-state index is 13.1. The SMILES string of the molecule is CCCN(C(=O)c1cc(-c2ccccc2)n[nH]1)C(C)C(=O)Nc1ccccc1. The molecule has 2 aromatic carbocycles. The smallest absolute Gasteiger partial charge is 0.272 e. The third-order valence-electron chi connectivity index (χ3n) is 4.49. The van der Waals surface area contributed by atoms with Crippen molar-refractivity contribution in [2.24, 2.45) is 0 Å². The van der Waals surface area contributed by atoms with Crippen LogP contribution in [0.5, 0.6) is 0 Å². The van der Waals surface area contributed by atoms with Gasteiger partial charge >= 0.3 is 0 Å². The van der Waals surface area contributed by atoms with Gasteiger partial charge in [-0.1, -0.05) is 55.5 Å². The molecule has 0 aliphatic rings. The van der Waals surface area contributed by atoms with Crippen LogP contribution in [0.3, 0.4) is 0 Å². The van der Waals surface area contributed by atoms with Crippen molar-refractivity contribution in [2.75, 3.05) is 11.9 Å². The Morgan fingerprint density at radius 1 is 1.07 bits per heavy atom. The number of carbonyl (C=O) groups is 2. The molecule has 6 nitrogen and oxygen atoms in total. The van der Waals surface area contributed by atoms with E-state index in [1.807, 2.05) is 67.6 Å². The minimum absolute atomic E-state index is 0.226. The average molecular weight is 376 g/mol. The van der Waals surface area contributed by atoms with Gasteiger partial charge in [0.2, 0.25) is 5.91 Å². The van der Waals surface area contributed by atoms with Gasteiger partial charge in [-0.3, -0.25) is 14.7 Å². The standard InChI is InChI=1S/C22H24N4O2/c1-3-14-26(16(2)21(27)23-18-12-8-5-9-13-18)22(28)20-15-19(24-25-20)17-10-6-4-7-11-17/h4-13,15-16H,3,14H2,1-2H3,(H,23,27)(H,24,25). The second kappa shape index (κ2) is 8.99. The molecule has 0 aliphatic carbocycles. The van der Waals surface area contributed by atoms with E-state index in [1.54, 1.807) is 17.9 Å². The van der Waals surface area contributed by atoms with Gasteiger partial charge in [0.1, 0.15) is 11.7 Å². The molecule has 0 fully saturated rings. The van der Waals surface area contributed by atoms with Gasteiger partial charge in [-0.15, -0.1) is 0 Å². The number of nitrogens with zero attached hydrogens (tertiary/aromatic N) is 2. The molecule has 1 unspecified atom stereocenters. The molecule has 6 heteroatoms. The Bertz CT molecular complexity index is 922. The van der Waals surface area contributed by atoms with E-state index in [4.69, 9.17) is 0 Å². The van der Waals surface area contributed by atoms with Gasteiger partial charge in [-0.05, 0) is 31.5 Å². The summed E-state index contributed by atoms with van der Waals surface area (Å²) in [5, 5.41) is 9.92. The predicted molar refractivity (Wildman–Crippen MR) is 110 cm³/mol. The Morgan fingerprint density at radius 2 is 1.71 bits per heavy atom.